The minimum atomic E-state index is -0.182. The average Bonchev–Trinajstić information content (AvgIpc) is 2.93. The van der Waals surface area contributed by atoms with Crippen molar-refractivity contribution in [2.24, 2.45) is 0 Å². The standard InChI is InChI=1S/C14H18N4OS/c1-3-10-8-16-13(20-10)9-17-14(19)11-6-5-7-12(18-11)15-4-2/h5-8H,3-4,9H2,1-2H3,(H,15,18)(H,17,19). The monoisotopic (exact) mass is 290 g/mol. The Morgan fingerprint density at radius 2 is 2.20 bits per heavy atom. The Morgan fingerprint density at radius 1 is 1.35 bits per heavy atom. The Morgan fingerprint density at radius 3 is 2.90 bits per heavy atom. The van der Waals surface area contributed by atoms with E-state index in [1.54, 1.807) is 17.4 Å². The maximum atomic E-state index is 12.0. The van der Waals surface area contributed by atoms with E-state index in [1.807, 2.05) is 25.3 Å². The number of hydrogen-bond acceptors (Lipinski definition) is 5. The second-order valence-corrected chi connectivity index (χ2v) is 5.39. The molecule has 0 aliphatic rings. The summed E-state index contributed by atoms with van der Waals surface area (Å²) in [7, 11) is 0. The van der Waals surface area contributed by atoms with Crippen molar-refractivity contribution in [2.75, 3.05) is 11.9 Å². The van der Waals surface area contributed by atoms with Crippen molar-refractivity contribution in [3.63, 3.8) is 0 Å². The van der Waals surface area contributed by atoms with Crippen LogP contribution >= 0.6 is 11.3 Å². The molecule has 0 saturated heterocycles. The molecule has 5 nitrogen and oxygen atoms in total. The normalized spacial score (nSPS) is 10.3. The van der Waals surface area contributed by atoms with Gasteiger partial charge in [0.15, 0.2) is 0 Å². The molecule has 0 bridgehead atoms. The molecule has 2 aromatic heterocycles. The fourth-order valence-electron chi connectivity index (χ4n) is 1.68. The highest BCUT2D eigenvalue weighted by atomic mass is 32.1. The van der Waals surface area contributed by atoms with E-state index in [9.17, 15) is 4.79 Å². The lowest BCUT2D eigenvalue weighted by Gasteiger charge is -2.05. The zero-order valence-electron chi connectivity index (χ0n) is 11.6. The molecule has 0 aromatic carbocycles. The van der Waals surface area contributed by atoms with Crippen molar-refractivity contribution in [1.29, 1.82) is 0 Å². The van der Waals surface area contributed by atoms with Crippen LogP contribution in [-0.2, 0) is 13.0 Å². The lowest BCUT2D eigenvalue weighted by atomic mass is 10.3. The molecular weight excluding hydrogens is 272 g/mol. The van der Waals surface area contributed by atoms with Crippen LogP contribution in [0.3, 0.4) is 0 Å². The minimum absolute atomic E-state index is 0.182. The predicted molar refractivity (Wildman–Crippen MR) is 81.1 cm³/mol. The third-order valence-electron chi connectivity index (χ3n) is 2.69. The largest absolute Gasteiger partial charge is 0.370 e. The van der Waals surface area contributed by atoms with Crippen LogP contribution in [-0.4, -0.2) is 22.4 Å². The van der Waals surface area contributed by atoms with Crippen LogP contribution in [0.2, 0.25) is 0 Å². The summed E-state index contributed by atoms with van der Waals surface area (Å²) in [6.45, 7) is 5.29. The van der Waals surface area contributed by atoms with Crippen LogP contribution in [0.15, 0.2) is 24.4 Å². The maximum absolute atomic E-state index is 12.0. The predicted octanol–water partition coefficient (Wildman–Crippen LogP) is 2.46. The Labute approximate surface area is 122 Å². The van der Waals surface area contributed by atoms with Gasteiger partial charge in [0.1, 0.15) is 16.5 Å². The smallest absolute Gasteiger partial charge is 0.270 e. The van der Waals surface area contributed by atoms with Crippen molar-refractivity contribution in [1.82, 2.24) is 15.3 Å². The van der Waals surface area contributed by atoms with Gasteiger partial charge in [-0.15, -0.1) is 11.3 Å². The summed E-state index contributed by atoms with van der Waals surface area (Å²) in [4.78, 5) is 21.8. The third kappa shape index (κ3) is 3.77. The molecule has 0 aliphatic heterocycles. The fourth-order valence-corrected chi connectivity index (χ4v) is 2.48. The van der Waals surface area contributed by atoms with Gasteiger partial charge in [0, 0.05) is 17.6 Å². The molecule has 20 heavy (non-hydrogen) atoms. The molecule has 2 heterocycles. The molecule has 2 rings (SSSR count). The van der Waals surface area contributed by atoms with E-state index in [-0.39, 0.29) is 5.91 Å². The van der Waals surface area contributed by atoms with E-state index < -0.39 is 0 Å². The highest BCUT2D eigenvalue weighted by Crippen LogP contribution is 2.13. The molecule has 0 saturated carbocycles. The Balaban J connectivity index is 1.95. The number of aromatic nitrogens is 2. The van der Waals surface area contributed by atoms with Gasteiger partial charge in [0.05, 0.1) is 6.54 Å². The number of nitrogens with zero attached hydrogens (tertiary/aromatic N) is 2. The van der Waals surface area contributed by atoms with Crippen LogP contribution in [0, 0.1) is 0 Å². The summed E-state index contributed by atoms with van der Waals surface area (Å²) < 4.78 is 0. The van der Waals surface area contributed by atoms with Gasteiger partial charge in [-0.05, 0) is 25.5 Å². The molecule has 106 valence electrons. The third-order valence-corrected chi connectivity index (χ3v) is 3.83. The van der Waals surface area contributed by atoms with E-state index in [2.05, 4.69) is 27.5 Å². The van der Waals surface area contributed by atoms with Crippen molar-refractivity contribution in [3.05, 3.63) is 40.0 Å². The van der Waals surface area contributed by atoms with E-state index in [0.717, 1.165) is 18.0 Å². The van der Waals surface area contributed by atoms with E-state index in [0.29, 0.717) is 18.1 Å². The van der Waals surface area contributed by atoms with Crippen molar-refractivity contribution < 1.29 is 4.79 Å². The molecule has 6 heteroatoms. The first-order valence-corrected chi connectivity index (χ1v) is 7.47. The topological polar surface area (TPSA) is 66.9 Å². The quantitative estimate of drug-likeness (QED) is 0.857. The number of thiazole rings is 1. The summed E-state index contributed by atoms with van der Waals surface area (Å²) >= 11 is 1.62. The molecular formula is C14H18N4OS. The zero-order chi connectivity index (χ0) is 14.4. The first-order chi connectivity index (χ1) is 9.72. The molecule has 2 N–H and O–H groups in total. The van der Waals surface area contributed by atoms with Crippen LogP contribution in [0.4, 0.5) is 5.82 Å². The first-order valence-electron chi connectivity index (χ1n) is 6.65. The summed E-state index contributed by atoms with van der Waals surface area (Å²) in [5.41, 5.74) is 0.413. The lowest BCUT2D eigenvalue weighted by molar-refractivity contribution is 0.0946. The van der Waals surface area contributed by atoms with Gasteiger partial charge < -0.3 is 10.6 Å². The second kappa shape index (κ2) is 7.00. The molecule has 0 fully saturated rings. The number of anilines is 1. The number of hydrogen-bond donors (Lipinski definition) is 2. The summed E-state index contributed by atoms with van der Waals surface area (Å²) in [6.07, 6.45) is 2.83. The number of rotatable bonds is 6. The molecule has 0 unspecified atom stereocenters. The SMILES string of the molecule is CCNc1cccc(C(=O)NCc2ncc(CC)s2)n1. The molecule has 0 aliphatic carbocycles. The summed E-state index contributed by atoms with van der Waals surface area (Å²) in [6, 6.07) is 5.36. The highest BCUT2D eigenvalue weighted by molar-refractivity contribution is 7.11. The Hall–Kier alpha value is -1.95. The number of aryl methyl sites for hydroxylation is 1. The van der Waals surface area contributed by atoms with Gasteiger partial charge in [0.2, 0.25) is 0 Å². The van der Waals surface area contributed by atoms with Crippen LogP contribution in [0.25, 0.3) is 0 Å². The highest BCUT2D eigenvalue weighted by Gasteiger charge is 2.09. The number of amides is 1. The van der Waals surface area contributed by atoms with Gasteiger partial charge in [0.25, 0.3) is 5.91 Å². The van der Waals surface area contributed by atoms with Crippen LogP contribution in [0.5, 0.6) is 0 Å². The summed E-state index contributed by atoms with van der Waals surface area (Å²) in [5, 5.41) is 6.84. The van der Waals surface area contributed by atoms with E-state index >= 15 is 0 Å². The molecule has 0 radical (unpaired) electrons. The first kappa shape index (κ1) is 14.5. The van der Waals surface area contributed by atoms with Crippen LogP contribution < -0.4 is 10.6 Å². The van der Waals surface area contributed by atoms with Gasteiger partial charge in [-0.1, -0.05) is 13.0 Å². The average molecular weight is 290 g/mol. The van der Waals surface area contributed by atoms with Crippen molar-refractivity contribution in [3.8, 4) is 0 Å². The van der Waals surface area contributed by atoms with E-state index in [1.165, 1.54) is 4.88 Å². The van der Waals surface area contributed by atoms with Gasteiger partial charge >= 0.3 is 0 Å². The van der Waals surface area contributed by atoms with Crippen molar-refractivity contribution >= 4 is 23.1 Å². The van der Waals surface area contributed by atoms with Gasteiger partial charge in [-0.2, -0.15) is 0 Å². The maximum Gasteiger partial charge on any atom is 0.270 e. The molecule has 0 spiro atoms. The van der Waals surface area contributed by atoms with Gasteiger partial charge in [-0.3, -0.25) is 4.79 Å². The molecule has 1 amide bonds. The number of pyridine rings is 1. The minimum Gasteiger partial charge on any atom is -0.370 e. The number of carbonyl (C=O) groups excluding carboxylic acids is 1. The number of carbonyl (C=O) groups is 1. The van der Waals surface area contributed by atoms with Crippen LogP contribution in [0.1, 0.15) is 34.2 Å². The lowest BCUT2D eigenvalue weighted by Crippen LogP contribution is -2.24. The van der Waals surface area contributed by atoms with Crippen molar-refractivity contribution in [2.45, 2.75) is 26.8 Å². The Bertz CT molecular complexity index is 582. The zero-order valence-corrected chi connectivity index (χ0v) is 12.5. The van der Waals surface area contributed by atoms with Gasteiger partial charge in [-0.25, -0.2) is 9.97 Å². The molecule has 2 aromatic rings. The summed E-state index contributed by atoms with van der Waals surface area (Å²) in [5.74, 6) is 0.528. The number of nitrogens with one attached hydrogen (secondary N) is 2. The fraction of sp³-hybridized carbons (Fsp3) is 0.357. The second-order valence-electron chi connectivity index (χ2n) is 4.19. The van der Waals surface area contributed by atoms with E-state index in [4.69, 9.17) is 0 Å². The Kier molecular flexibility index (Phi) is 5.06. The molecule has 0 atom stereocenters.